The number of nitrogens with zero attached hydrogens (tertiary/aromatic N) is 4. The molecule has 3 heterocycles. The molecule has 2 N–H and O–H groups in total. The zero-order chi connectivity index (χ0) is 29.6. The van der Waals surface area contributed by atoms with Gasteiger partial charge in [-0.2, -0.15) is 0 Å². The predicted molar refractivity (Wildman–Crippen MR) is 181 cm³/mol. The van der Waals surface area contributed by atoms with Crippen LogP contribution in [0, 0.1) is 5.92 Å². The van der Waals surface area contributed by atoms with Gasteiger partial charge in [0, 0.05) is 48.4 Å². The molecule has 7 rings (SSSR count). The first-order valence-electron chi connectivity index (χ1n) is 15.7. The number of piperidine rings is 1. The molecule has 7 heteroatoms. The predicted octanol–water partition coefficient (Wildman–Crippen LogP) is 7.19. The summed E-state index contributed by atoms with van der Waals surface area (Å²) in [7, 11) is 0. The number of ether oxygens (including phenoxy) is 1. The number of pyridine rings is 1. The van der Waals surface area contributed by atoms with E-state index in [9.17, 15) is 0 Å². The largest absolute Gasteiger partial charge is 0.493 e. The van der Waals surface area contributed by atoms with E-state index >= 15 is 0 Å². The van der Waals surface area contributed by atoms with Crippen molar-refractivity contribution in [1.82, 2.24) is 19.9 Å². The van der Waals surface area contributed by atoms with Crippen LogP contribution in [0.1, 0.15) is 18.4 Å². The van der Waals surface area contributed by atoms with Crippen LogP contribution >= 0.6 is 0 Å². The summed E-state index contributed by atoms with van der Waals surface area (Å²) in [5.41, 5.74) is 4.42. The smallest absolute Gasteiger partial charge is 0.137 e. The van der Waals surface area contributed by atoms with Crippen molar-refractivity contribution in [2.75, 3.05) is 50.0 Å². The summed E-state index contributed by atoms with van der Waals surface area (Å²) < 4.78 is 6.27. The van der Waals surface area contributed by atoms with E-state index in [-0.39, 0.29) is 0 Å². The molecular formula is C37H38N6O. The first kappa shape index (κ1) is 28.0. The van der Waals surface area contributed by atoms with Gasteiger partial charge < -0.3 is 20.3 Å². The van der Waals surface area contributed by atoms with E-state index in [0.29, 0.717) is 5.92 Å². The number of hydrogen-bond donors (Lipinski definition) is 2. The molecule has 1 fully saturated rings. The number of hydrogen-bond acceptors (Lipinski definition) is 7. The fraction of sp³-hybridized carbons (Fsp3) is 0.270. The van der Waals surface area contributed by atoms with Crippen LogP contribution in [0.4, 0.5) is 11.5 Å². The minimum absolute atomic E-state index is 0.566. The Morgan fingerprint density at radius 3 is 2.50 bits per heavy atom. The maximum absolute atomic E-state index is 6.27. The van der Waals surface area contributed by atoms with Crippen LogP contribution in [-0.2, 0) is 6.42 Å². The fourth-order valence-corrected chi connectivity index (χ4v) is 6.28. The Bertz CT molecular complexity index is 1860. The molecule has 1 aliphatic heterocycles. The highest BCUT2D eigenvalue weighted by atomic mass is 16.5. The molecule has 2 aromatic heterocycles. The summed E-state index contributed by atoms with van der Waals surface area (Å²) in [6.07, 6.45) is 6.74. The van der Waals surface area contributed by atoms with E-state index in [1.165, 1.54) is 21.7 Å². The highest BCUT2D eigenvalue weighted by Crippen LogP contribution is 2.26. The molecule has 4 aromatic carbocycles. The van der Waals surface area contributed by atoms with Crippen molar-refractivity contribution in [2.45, 2.75) is 19.3 Å². The summed E-state index contributed by atoms with van der Waals surface area (Å²) in [5, 5.41) is 11.9. The Morgan fingerprint density at radius 1 is 0.727 bits per heavy atom. The van der Waals surface area contributed by atoms with E-state index in [4.69, 9.17) is 4.74 Å². The molecular weight excluding hydrogens is 544 g/mol. The lowest BCUT2D eigenvalue weighted by Gasteiger charge is -2.32. The molecule has 0 saturated carbocycles. The molecule has 0 aliphatic carbocycles. The second-order valence-electron chi connectivity index (χ2n) is 11.6. The number of fused-ring (bicyclic) bond motifs is 3. The molecule has 222 valence electrons. The van der Waals surface area contributed by atoms with Crippen molar-refractivity contribution >= 4 is 44.1 Å². The average Bonchev–Trinajstić information content (AvgIpc) is 3.08. The Hall–Kier alpha value is -4.75. The third kappa shape index (κ3) is 6.43. The van der Waals surface area contributed by atoms with E-state index in [1.54, 1.807) is 6.33 Å². The van der Waals surface area contributed by atoms with Crippen molar-refractivity contribution in [2.24, 2.45) is 5.92 Å². The van der Waals surface area contributed by atoms with Gasteiger partial charge in [0.25, 0.3) is 0 Å². The minimum atomic E-state index is 0.566. The van der Waals surface area contributed by atoms with Crippen molar-refractivity contribution in [1.29, 1.82) is 0 Å². The summed E-state index contributed by atoms with van der Waals surface area (Å²) in [6, 6.07) is 31.6. The Balaban J connectivity index is 0.875. The van der Waals surface area contributed by atoms with Gasteiger partial charge in [0.15, 0.2) is 0 Å². The van der Waals surface area contributed by atoms with Gasteiger partial charge in [0.1, 0.15) is 17.9 Å². The van der Waals surface area contributed by atoms with Crippen molar-refractivity contribution < 1.29 is 4.74 Å². The Kier molecular flexibility index (Phi) is 8.46. The summed E-state index contributed by atoms with van der Waals surface area (Å²) in [4.78, 5) is 16.1. The molecule has 1 aliphatic rings. The lowest BCUT2D eigenvalue weighted by molar-refractivity contribution is 0.145. The quantitative estimate of drug-likeness (QED) is 0.167. The Labute approximate surface area is 258 Å². The summed E-state index contributed by atoms with van der Waals surface area (Å²) >= 11 is 0. The zero-order valence-corrected chi connectivity index (χ0v) is 25.0. The van der Waals surface area contributed by atoms with Crippen molar-refractivity contribution in [3.05, 3.63) is 109 Å². The van der Waals surface area contributed by atoms with Crippen LogP contribution in [-0.4, -0.2) is 59.2 Å². The third-order valence-electron chi connectivity index (χ3n) is 8.76. The number of nitrogens with one attached hydrogen (secondary N) is 2. The number of benzene rings is 4. The van der Waals surface area contributed by atoms with Gasteiger partial charge in [-0.3, -0.25) is 4.98 Å². The molecule has 44 heavy (non-hydrogen) atoms. The standard InChI is InChI=1S/C37H38N6O/c1-2-9-31-28(6-1)7-5-8-29(31)14-18-40-37-33-13-12-30(24-36(33)41-26-42-37)44-25-27-16-21-43(22-17-27)23-20-39-35-15-19-38-34-11-4-3-10-32(34)35/h1-13,15,19,24,26-27H,14,16-18,20-23,25H2,(H,38,39)(H,40,41,42). The average molecular weight is 583 g/mol. The molecule has 0 spiro atoms. The molecule has 1 saturated heterocycles. The van der Waals surface area contributed by atoms with Crippen LogP contribution < -0.4 is 15.4 Å². The SMILES string of the molecule is c1ccc2c(CCNc3ncnc4cc(OCC5CCN(CCNc6ccnc7ccccc67)CC5)ccc34)cccc2c1. The monoisotopic (exact) mass is 582 g/mol. The third-order valence-corrected chi connectivity index (χ3v) is 8.76. The number of rotatable bonds is 11. The molecule has 0 radical (unpaired) electrons. The molecule has 6 aromatic rings. The van der Waals surface area contributed by atoms with Gasteiger partial charge in [-0.1, -0.05) is 60.7 Å². The highest BCUT2D eigenvalue weighted by Gasteiger charge is 2.20. The van der Waals surface area contributed by atoms with E-state index < -0.39 is 0 Å². The molecule has 7 nitrogen and oxygen atoms in total. The maximum atomic E-state index is 6.27. The van der Waals surface area contributed by atoms with Crippen molar-refractivity contribution in [3.8, 4) is 5.75 Å². The van der Waals surface area contributed by atoms with Gasteiger partial charge in [-0.25, -0.2) is 9.97 Å². The topological polar surface area (TPSA) is 75.2 Å². The Morgan fingerprint density at radius 2 is 1.57 bits per heavy atom. The number of aromatic nitrogens is 3. The van der Waals surface area contributed by atoms with Gasteiger partial charge >= 0.3 is 0 Å². The lowest BCUT2D eigenvalue weighted by Crippen LogP contribution is -2.38. The zero-order valence-electron chi connectivity index (χ0n) is 25.0. The lowest BCUT2D eigenvalue weighted by atomic mass is 9.98. The van der Waals surface area contributed by atoms with Crippen LogP contribution in [0.15, 0.2) is 104 Å². The van der Waals surface area contributed by atoms with Crippen LogP contribution in [0.3, 0.4) is 0 Å². The number of para-hydroxylation sites is 1. The van der Waals surface area contributed by atoms with Gasteiger partial charge in [0.05, 0.1) is 17.6 Å². The normalized spacial score (nSPS) is 14.3. The molecule has 0 unspecified atom stereocenters. The maximum Gasteiger partial charge on any atom is 0.137 e. The van der Waals surface area contributed by atoms with Crippen molar-refractivity contribution in [3.63, 3.8) is 0 Å². The number of likely N-dealkylation sites (tertiary alicyclic amines) is 1. The molecule has 0 amide bonds. The minimum Gasteiger partial charge on any atom is -0.493 e. The summed E-state index contributed by atoms with van der Waals surface area (Å²) in [5.74, 6) is 2.30. The van der Waals surface area contributed by atoms with Crippen LogP contribution in [0.2, 0.25) is 0 Å². The molecule has 0 atom stereocenters. The van der Waals surface area contributed by atoms with Gasteiger partial charge in [0.2, 0.25) is 0 Å². The first-order chi connectivity index (χ1) is 21.8. The van der Waals surface area contributed by atoms with E-state index in [0.717, 1.165) is 92.3 Å². The molecule has 0 bridgehead atoms. The number of anilines is 2. The van der Waals surface area contributed by atoms with Gasteiger partial charge in [-0.15, -0.1) is 0 Å². The van der Waals surface area contributed by atoms with E-state index in [2.05, 4.69) is 103 Å². The van der Waals surface area contributed by atoms with Crippen LogP contribution in [0.5, 0.6) is 5.75 Å². The first-order valence-corrected chi connectivity index (χ1v) is 15.7. The second kappa shape index (κ2) is 13.3. The summed E-state index contributed by atoms with van der Waals surface area (Å²) in [6.45, 7) is 5.70. The fourth-order valence-electron chi connectivity index (χ4n) is 6.28. The van der Waals surface area contributed by atoms with Crippen LogP contribution in [0.25, 0.3) is 32.6 Å². The van der Waals surface area contributed by atoms with Gasteiger partial charge in [-0.05, 0) is 78.9 Å². The second-order valence-corrected chi connectivity index (χ2v) is 11.6. The van der Waals surface area contributed by atoms with E-state index in [1.807, 2.05) is 24.4 Å². The highest BCUT2D eigenvalue weighted by molar-refractivity contribution is 5.91.